The SMILES string of the molecule is COc1cc(N(C2CC2)C2CCN(C(=O)C3CCOCC3)CC2)ncn1. The summed E-state index contributed by atoms with van der Waals surface area (Å²) in [6.07, 6.45) is 7.74. The fourth-order valence-electron chi connectivity index (χ4n) is 4.17. The van der Waals surface area contributed by atoms with Crippen molar-refractivity contribution in [2.24, 2.45) is 5.92 Å². The quantitative estimate of drug-likeness (QED) is 0.799. The molecule has 0 radical (unpaired) electrons. The highest BCUT2D eigenvalue weighted by Crippen LogP contribution is 2.36. The van der Waals surface area contributed by atoms with E-state index in [1.54, 1.807) is 13.4 Å². The van der Waals surface area contributed by atoms with Crippen LogP contribution in [0.2, 0.25) is 0 Å². The van der Waals surface area contributed by atoms with Gasteiger partial charge in [0.1, 0.15) is 12.1 Å². The Bertz CT molecular complexity index is 623. The highest BCUT2D eigenvalue weighted by Gasteiger charge is 2.38. The minimum Gasteiger partial charge on any atom is -0.481 e. The van der Waals surface area contributed by atoms with E-state index in [0.29, 0.717) is 23.9 Å². The van der Waals surface area contributed by atoms with Crippen LogP contribution >= 0.6 is 0 Å². The number of ether oxygens (including phenoxy) is 2. The lowest BCUT2D eigenvalue weighted by atomic mass is 9.96. The number of carbonyl (C=O) groups excluding carboxylic acids is 1. The predicted octanol–water partition coefficient (Wildman–Crippen LogP) is 1.87. The number of rotatable bonds is 5. The van der Waals surface area contributed by atoms with Gasteiger partial charge in [0, 0.05) is 50.4 Å². The van der Waals surface area contributed by atoms with Crippen molar-refractivity contribution in [1.29, 1.82) is 0 Å². The fourth-order valence-corrected chi connectivity index (χ4v) is 4.17. The Labute approximate surface area is 154 Å². The summed E-state index contributed by atoms with van der Waals surface area (Å²) >= 11 is 0. The van der Waals surface area contributed by atoms with Gasteiger partial charge in [-0.05, 0) is 38.5 Å². The van der Waals surface area contributed by atoms with Crippen LogP contribution in [0.1, 0.15) is 38.5 Å². The molecule has 4 rings (SSSR count). The molecule has 2 aliphatic heterocycles. The molecule has 1 aromatic heterocycles. The van der Waals surface area contributed by atoms with Crippen molar-refractivity contribution < 1.29 is 14.3 Å². The van der Waals surface area contributed by atoms with E-state index in [0.717, 1.165) is 57.8 Å². The van der Waals surface area contributed by atoms with Gasteiger partial charge in [0.2, 0.25) is 11.8 Å². The van der Waals surface area contributed by atoms with Gasteiger partial charge in [-0.15, -0.1) is 0 Å². The zero-order chi connectivity index (χ0) is 17.9. The molecule has 1 saturated carbocycles. The third kappa shape index (κ3) is 3.77. The van der Waals surface area contributed by atoms with Gasteiger partial charge in [0.25, 0.3) is 0 Å². The van der Waals surface area contributed by atoms with Gasteiger partial charge in [-0.2, -0.15) is 0 Å². The monoisotopic (exact) mass is 360 g/mol. The van der Waals surface area contributed by atoms with Gasteiger partial charge >= 0.3 is 0 Å². The van der Waals surface area contributed by atoms with E-state index in [9.17, 15) is 4.79 Å². The lowest BCUT2D eigenvalue weighted by Crippen LogP contribution is -2.49. The molecule has 0 bridgehead atoms. The molecule has 0 atom stereocenters. The van der Waals surface area contributed by atoms with Gasteiger partial charge in [-0.1, -0.05) is 0 Å². The molecule has 1 aromatic rings. The Balaban J connectivity index is 1.39. The molecule has 26 heavy (non-hydrogen) atoms. The molecule has 142 valence electrons. The normalized spacial score (nSPS) is 22.3. The summed E-state index contributed by atoms with van der Waals surface area (Å²) in [4.78, 5) is 25.9. The highest BCUT2D eigenvalue weighted by atomic mass is 16.5. The summed E-state index contributed by atoms with van der Waals surface area (Å²) in [5.74, 6) is 2.04. The topological polar surface area (TPSA) is 67.8 Å². The first-order valence-corrected chi connectivity index (χ1v) is 9.77. The summed E-state index contributed by atoms with van der Waals surface area (Å²) in [6, 6.07) is 2.93. The Morgan fingerprint density at radius 2 is 1.81 bits per heavy atom. The first-order valence-electron chi connectivity index (χ1n) is 9.77. The summed E-state index contributed by atoms with van der Waals surface area (Å²) in [7, 11) is 1.63. The largest absolute Gasteiger partial charge is 0.481 e. The van der Waals surface area contributed by atoms with Crippen molar-refractivity contribution in [1.82, 2.24) is 14.9 Å². The number of aromatic nitrogens is 2. The number of hydrogen-bond donors (Lipinski definition) is 0. The van der Waals surface area contributed by atoms with Crippen LogP contribution < -0.4 is 9.64 Å². The average molecular weight is 360 g/mol. The van der Waals surface area contributed by atoms with Crippen LogP contribution in [0.3, 0.4) is 0 Å². The van der Waals surface area contributed by atoms with Crippen molar-refractivity contribution in [2.75, 3.05) is 38.3 Å². The predicted molar refractivity (Wildman–Crippen MR) is 97.2 cm³/mol. The number of likely N-dealkylation sites (tertiary alicyclic amines) is 1. The molecule has 0 N–H and O–H groups in total. The number of nitrogens with zero attached hydrogens (tertiary/aromatic N) is 4. The molecule has 2 saturated heterocycles. The van der Waals surface area contributed by atoms with Crippen LogP contribution in [-0.4, -0.2) is 66.3 Å². The van der Waals surface area contributed by atoms with Crippen molar-refractivity contribution in [2.45, 2.75) is 50.6 Å². The van der Waals surface area contributed by atoms with Crippen LogP contribution in [-0.2, 0) is 9.53 Å². The maximum atomic E-state index is 12.7. The minimum atomic E-state index is 0.158. The van der Waals surface area contributed by atoms with Crippen molar-refractivity contribution in [3.63, 3.8) is 0 Å². The molecule has 7 heteroatoms. The molecule has 7 nitrogen and oxygen atoms in total. The van der Waals surface area contributed by atoms with Gasteiger partial charge in [-0.3, -0.25) is 4.79 Å². The summed E-state index contributed by atoms with van der Waals surface area (Å²) in [5, 5.41) is 0. The number of hydrogen-bond acceptors (Lipinski definition) is 6. The Morgan fingerprint density at radius 1 is 1.12 bits per heavy atom. The molecule has 3 fully saturated rings. The maximum Gasteiger partial charge on any atom is 0.225 e. The van der Waals surface area contributed by atoms with Gasteiger partial charge in [0.15, 0.2) is 0 Å². The van der Waals surface area contributed by atoms with Gasteiger partial charge in [-0.25, -0.2) is 9.97 Å². The van der Waals surface area contributed by atoms with E-state index in [4.69, 9.17) is 9.47 Å². The van der Waals surface area contributed by atoms with Crippen LogP contribution in [0.5, 0.6) is 5.88 Å². The molecular weight excluding hydrogens is 332 g/mol. The smallest absolute Gasteiger partial charge is 0.225 e. The lowest BCUT2D eigenvalue weighted by Gasteiger charge is -2.40. The van der Waals surface area contributed by atoms with Crippen molar-refractivity contribution >= 4 is 11.7 Å². The van der Waals surface area contributed by atoms with Crippen LogP contribution in [0.15, 0.2) is 12.4 Å². The zero-order valence-electron chi connectivity index (χ0n) is 15.5. The van der Waals surface area contributed by atoms with E-state index < -0.39 is 0 Å². The zero-order valence-corrected chi connectivity index (χ0v) is 15.5. The molecule has 0 unspecified atom stereocenters. The second kappa shape index (κ2) is 7.78. The first-order chi connectivity index (χ1) is 12.8. The minimum absolute atomic E-state index is 0.158. The van der Waals surface area contributed by atoms with E-state index in [1.807, 2.05) is 6.07 Å². The molecule has 1 aliphatic carbocycles. The first kappa shape index (κ1) is 17.5. The standard InChI is InChI=1S/C19H28N4O3/c1-25-18-12-17(20-13-21-18)23(15-2-3-15)16-4-8-22(9-5-16)19(24)14-6-10-26-11-7-14/h12-16H,2-11H2,1H3. The summed E-state index contributed by atoms with van der Waals surface area (Å²) < 4.78 is 10.7. The molecule has 3 aliphatic rings. The van der Waals surface area contributed by atoms with Crippen LogP contribution in [0.4, 0.5) is 5.82 Å². The molecule has 1 amide bonds. The van der Waals surface area contributed by atoms with Crippen LogP contribution in [0, 0.1) is 5.92 Å². The number of anilines is 1. The third-order valence-electron chi connectivity index (χ3n) is 5.78. The lowest BCUT2D eigenvalue weighted by molar-refractivity contribution is -0.139. The molecule has 3 heterocycles. The van der Waals surface area contributed by atoms with Gasteiger partial charge in [0.05, 0.1) is 7.11 Å². The number of methoxy groups -OCH3 is 1. The Morgan fingerprint density at radius 3 is 2.46 bits per heavy atom. The van der Waals surface area contributed by atoms with Crippen molar-refractivity contribution in [3.05, 3.63) is 12.4 Å². The van der Waals surface area contributed by atoms with E-state index >= 15 is 0 Å². The Kier molecular flexibility index (Phi) is 5.24. The highest BCUT2D eigenvalue weighted by molar-refractivity contribution is 5.79. The van der Waals surface area contributed by atoms with Crippen molar-refractivity contribution in [3.8, 4) is 5.88 Å². The maximum absolute atomic E-state index is 12.7. The van der Waals surface area contributed by atoms with Crippen LogP contribution in [0.25, 0.3) is 0 Å². The molecule has 0 spiro atoms. The second-order valence-electron chi connectivity index (χ2n) is 7.50. The summed E-state index contributed by atoms with van der Waals surface area (Å²) in [5.41, 5.74) is 0. The number of amides is 1. The Hall–Kier alpha value is -1.89. The van der Waals surface area contributed by atoms with E-state index in [2.05, 4.69) is 19.8 Å². The summed E-state index contributed by atoms with van der Waals surface area (Å²) in [6.45, 7) is 3.12. The molecular formula is C19H28N4O3. The van der Waals surface area contributed by atoms with Gasteiger partial charge < -0.3 is 19.3 Å². The molecule has 0 aromatic carbocycles. The average Bonchev–Trinajstić information content (AvgIpc) is 3.54. The number of carbonyl (C=O) groups is 1. The van der Waals surface area contributed by atoms with E-state index in [-0.39, 0.29) is 5.92 Å². The second-order valence-corrected chi connectivity index (χ2v) is 7.50. The fraction of sp³-hybridized carbons (Fsp3) is 0.737. The van der Waals surface area contributed by atoms with E-state index in [1.165, 1.54) is 12.8 Å². The third-order valence-corrected chi connectivity index (χ3v) is 5.78. The number of piperidine rings is 1.